The molecule has 0 fully saturated rings. The first-order chi connectivity index (χ1) is 27.7. The summed E-state index contributed by atoms with van der Waals surface area (Å²) in [5.41, 5.74) is 15.7. The summed E-state index contributed by atoms with van der Waals surface area (Å²) in [6.45, 7) is 0. The van der Waals surface area contributed by atoms with Gasteiger partial charge in [-0.05, 0) is 96.7 Å². The second-order valence-electron chi connectivity index (χ2n) is 14.2. The van der Waals surface area contributed by atoms with Crippen LogP contribution in [0.5, 0.6) is 0 Å². The zero-order valence-electron chi connectivity index (χ0n) is 30.7. The Bertz CT molecular complexity index is 3010. The van der Waals surface area contributed by atoms with E-state index in [-0.39, 0.29) is 0 Å². The van der Waals surface area contributed by atoms with Crippen molar-refractivity contribution in [1.82, 2.24) is 9.97 Å². The molecule has 2 heteroatoms. The van der Waals surface area contributed by atoms with Crippen molar-refractivity contribution >= 4 is 21.7 Å². The van der Waals surface area contributed by atoms with Crippen LogP contribution in [0.3, 0.4) is 0 Å². The van der Waals surface area contributed by atoms with Crippen LogP contribution in [0.25, 0.3) is 100.0 Å². The monoisotopic (exact) mass is 712 g/mol. The lowest BCUT2D eigenvalue weighted by Gasteiger charge is -2.12. The summed E-state index contributed by atoms with van der Waals surface area (Å²) in [5.74, 6) is 0.709. The number of benzene rings is 9. The van der Waals surface area contributed by atoms with Crippen molar-refractivity contribution in [3.63, 3.8) is 0 Å². The first-order valence-electron chi connectivity index (χ1n) is 19.1. The SMILES string of the molecule is c1ccc(-c2cccc(-c3cccc(-c4cccc(-c5cccc(-c6nc(-c7ccc(-c8cccc9ccccc89)cc7)c7ccccc7n6)c5)c4)c3)c2)cc1. The van der Waals surface area contributed by atoms with Crippen LogP contribution in [-0.2, 0) is 0 Å². The highest BCUT2D eigenvalue weighted by molar-refractivity contribution is 5.98. The molecule has 1 aromatic heterocycles. The van der Waals surface area contributed by atoms with Gasteiger partial charge in [-0.3, -0.25) is 0 Å². The minimum atomic E-state index is 0.709. The summed E-state index contributed by atoms with van der Waals surface area (Å²) < 4.78 is 0. The fraction of sp³-hybridized carbons (Fsp3) is 0. The first-order valence-corrected chi connectivity index (χ1v) is 19.1. The minimum Gasteiger partial charge on any atom is -0.228 e. The average molecular weight is 713 g/mol. The van der Waals surface area contributed by atoms with Gasteiger partial charge in [0, 0.05) is 16.5 Å². The van der Waals surface area contributed by atoms with E-state index < -0.39 is 0 Å². The zero-order chi connectivity index (χ0) is 37.3. The topological polar surface area (TPSA) is 25.8 Å². The van der Waals surface area contributed by atoms with Crippen LogP contribution >= 0.6 is 0 Å². The van der Waals surface area contributed by atoms with Gasteiger partial charge in [0.1, 0.15) is 0 Å². The van der Waals surface area contributed by atoms with Gasteiger partial charge >= 0.3 is 0 Å². The Morgan fingerprint density at radius 1 is 0.250 bits per heavy atom. The van der Waals surface area contributed by atoms with E-state index in [0.717, 1.165) is 38.9 Å². The molecule has 1 heterocycles. The van der Waals surface area contributed by atoms with E-state index in [1.54, 1.807) is 0 Å². The van der Waals surface area contributed by atoms with E-state index in [4.69, 9.17) is 9.97 Å². The lowest BCUT2D eigenvalue weighted by atomic mass is 9.94. The van der Waals surface area contributed by atoms with Gasteiger partial charge in [-0.1, -0.05) is 188 Å². The van der Waals surface area contributed by atoms with Gasteiger partial charge in [0.05, 0.1) is 11.2 Å². The van der Waals surface area contributed by atoms with Gasteiger partial charge in [-0.25, -0.2) is 9.97 Å². The second-order valence-corrected chi connectivity index (χ2v) is 14.2. The predicted molar refractivity (Wildman–Crippen MR) is 235 cm³/mol. The maximum Gasteiger partial charge on any atom is 0.160 e. The molecule has 262 valence electrons. The third-order valence-corrected chi connectivity index (χ3v) is 10.7. The molecule has 0 unspecified atom stereocenters. The maximum atomic E-state index is 5.25. The number of hydrogen-bond donors (Lipinski definition) is 0. The van der Waals surface area contributed by atoms with Crippen molar-refractivity contribution < 1.29 is 0 Å². The van der Waals surface area contributed by atoms with E-state index in [1.165, 1.54) is 55.3 Å². The van der Waals surface area contributed by atoms with Crippen LogP contribution in [0.15, 0.2) is 218 Å². The van der Waals surface area contributed by atoms with Crippen molar-refractivity contribution in [2.45, 2.75) is 0 Å². The van der Waals surface area contributed by atoms with Gasteiger partial charge < -0.3 is 0 Å². The molecule has 9 aromatic carbocycles. The van der Waals surface area contributed by atoms with Crippen molar-refractivity contribution in [2.75, 3.05) is 0 Å². The normalized spacial score (nSPS) is 11.2. The molecule has 0 bridgehead atoms. The highest BCUT2D eigenvalue weighted by Gasteiger charge is 2.14. The molecule has 0 spiro atoms. The standard InChI is InChI=1S/C54H36N2/c1-2-13-37(14-3-1)41-17-8-18-42(33-41)43-19-9-20-44(34-43)45-21-10-22-46(35-45)47-23-11-24-48(36-47)54-55-52-28-7-6-26-51(52)53(56-54)40-31-29-39(30-32-40)50-27-12-16-38-15-4-5-25-49(38)50/h1-36H. The number of hydrogen-bond acceptors (Lipinski definition) is 2. The number of para-hydroxylation sites is 1. The molecule has 10 aromatic rings. The Morgan fingerprint density at radius 3 is 1.30 bits per heavy atom. The largest absolute Gasteiger partial charge is 0.228 e. The molecule has 0 radical (unpaired) electrons. The maximum absolute atomic E-state index is 5.25. The fourth-order valence-electron chi connectivity index (χ4n) is 7.81. The summed E-state index contributed by atoms with van der Waals surface area (Å²) in [6, 6.07) is 77.7. The predicted octanol–water partition coefficient (Wildman–Crippen LogP) is 14.5. The van der Waals surface area contributed by atoms with Crippen molar-refractivity contribution in [3.05, 3.63) is 218 Å². The molecular formula is C54H36N2. The van der Waals surface area contributed by atoms with E-state index >= 15 is 0 Å². The molecule has 56 heavy (non-hydrogen) atoms. The van der Waals surface area contributed by atoms with E-state index in [0.29, 0.717) is 5.82 Å². The van der Waals surface area contributed by atoms with E-state index in [2.05, 4.69) is 212 Å². The van der Waals surface area contributed by atoms with E-state index in [9.17, 15) is 0 Å². The Hall–Kier alpha value is -7.42. The Labute approximate surface area is 327 Å². The summed E-state index contributed by atoms with van der Waals surface area (Å²) in [7, 11) is 0. The third kappa shape index (κ3) is 6.44. The molecule has 0 aliphatic carbocycles. The number of fused-ring (bicyclic) bond motifs is 2. The van der Waals surface area contributed by atoms with Gasteiger partial charge in [-0.15, -0.1) is 0 Å². The van der Waals surface area contributed by atoms with Crippen LogP contribution in [0.2, 0.25) is 0 Å². The molecule has 0 aliphatic heterocycles. The summed E-state index contributed by atoms with van der Waals surface area (Å²) in [6.07, 6.45) is 0. The number of rotatable bonds is 7. The highest BCUT2D eigenvalue weighted by Crippen LogP contribution is 2.36. The molecule has 0 aliphatic rings. The van der Waals surface area contributed by atoms with Crippen LogP contribution in [0, 0.1) is 0 Å². The lowest BCUT2D eigenvalue weighted by Crippen LogP contribution is -1.95. The molecular weight excluding hydrogens is 677 g/mol. The molecule has 2 nitrogen and oxygen atoms in total. The van der Waals surface area contributed by atoms with Crippen LogP contribution < -0.4 is 0 Å². The molecule has 0 saturated heterocycles. The second kappa shape index (κ2) is 14.4. The van der Waals surface area contributed by atoms with E-state index in [1.807, 2.05) is 6.07 Å². The van der Waals surface area contributed by atoms with Crippen molar-refractivity contribution in [1.29, 1.82) is 0 Å². The van der Waals surface area contributed by atoms with Gasteiger partial charge in [0.15, 0.2) is 5.82 Å². The molecule has 0 saturated carbocycles. The summed E-state index contributed by atoms with van der Waals surface area (Å²) in [4.78, 5) is 10.3. The smallest absolute Gasteiger partial charge is 0.160 e. The molecule has 0 amide bonds. The van der Waals surface area contributed by atoms with Crippen LogP contribution in [-0.4, -0.2) is 9.97 Å². The van der Waals surface area contributed by atoms with Gasteiger partial charge in [0.25, 0.3) is 0 Å². The Kier molecular flexibility index (Phi) is 8.55. The number of nitrogens with zero attached hydrogens (tertiary/aromatic N) is 2. The molecule has 10 rings (SSSR count). The third-order valence-electron chi connectivity index (χ3n) is 10.7. The summed E-state index contributed by atoms with van der Waals surface area (Å²) in [5, 5.41) is 3.53. The molecule has 0 N–H and O–H groups in total. The van der Waals surface area contributed by atoms with Gasteiger partial charge in [-0.2, -0.15) is 0 Å². The lowest BCUT2D eigenvalue weighted by molar-refractivity contribution is 1.23. The molecule has 0 atom stereocenters. The highest BCUT2D eigenvalue weighted by atomic mass is 14.9. The van der Waals surface area contributed by atoms with Crippen molar-refractivity contribution in [2.24, 2.45) is 0 Å². The number of aromatic nitrogens is 2. The Balaban J connectivity index is 0.977. The Morgan fingerprint density at radius 2 is 0.679 bits per heavy atom. The average Bonchev–Trinajstić information content (AvgIpc) is 3.29. The quantitative estimate of drug-likeness (QED) is 0.164. The minimum absolute atomic E-state index is 0.709. The van der Waals surface area contributed by atoms with Crippen LogP contribution in [0.1, 0.15) is 0 Å². The van der Waals surface area contributed by atoms with Crippen LogP contribution in [0.4, 0.5) is 0 Å². The fourth-order valence-corrected chi connectivity index (χ4v) is 7.81. The summed E-state index contributed by atoms with van der Waals surface area (Å²) >= 11 is 0. The van der Waals surface area contributed by atoms with Gasteiger partial charge in [0.2, 0.25) is 0 Å². The van der Waals surface area contributed by atoms with Crippen molar-refractivity contribution in [3.8, 4) is 78.3 Å². The first kappa shape index (κ1) is 33.2. The zero-order valence-corrected chi connectivity index (χ0v) is 30.7.